The molecule has 0 spiro atoms. The summed E-state index contributed by atoms with van der Waals surface area (Å²) in [5, 5.41) is 2.87. The minimum Gasteiger partial charge on any atom is -0.483 e. The Morgan fingerprint density at radius 1 is 1.32 bits per heavy atom. The SMILES string of the molecule is CN=CC(C(=O)NCC(=NC(=C(C)C)c1cccc(C)c1)OC)=C(N)C1CCOCC1. The Kier molecular flexibility index (Phi) is 9.46. The molecule has 1 aromatic carbocycles. The van der Waals surface area contributed by atoms with Gasteiger partial charge in [0.15, 0.2) is 0 Å². The topological polar surface area (TPSA) is 98.3 Å². The van der Waals surface area contributed by atoms with Gasteiger partial charge in [0.2, 0.25) is 5.90 Å². The highest BCUT2D eigenvalue weighted by molar-refractivity contribution is 6.13. The summed E-state index contributed by atoms with van der Waals surface area (Å²) < 4.78 is 10.8. The highest BCUT2D eigenvalue weighted by Crippen LogP contribution is 2.23. The molecule has 0 unspecified atom stereocenters. The van der Waals surface area contributed by atoms with Gasteiger partial charge in [-0.2, -0.15) is 0 Å². The molecule has 168 valence electrons. The number of benzene rings is 1. The van der Waals surface area contributed by atoms with Crippen LogP contribution in [-0.4, -0.2) is 51.9 Å². The molecule has 31 heavy (non-hydrogen) atoms. The molecule has 0 atom stereocenters. The number of rotatable bonds is 7. The molecule has 7 heteroatoms. The zero-order valence-corrected chi connectivity index (χ0v) is 19.2. The standard InChI is InChI=1S/C24H34N4O3/c1-16(2)23(19-8-6-7-17(3)13-19)28-21(30-5)15-27-24(29)20(14-26-4)22(25)18-9-11-31-12-10-18/h6-8,13-14,18H,9-12,15,25H2,1-5H3,(H,27,29). The van der Waals surface area contributed by atoms with Crippen LogP contribution in [0.1, 0.15) is 37.8 Å². The average Bonchev–Trinajstić information content (AvgIpc) is 2.77. The normalized spacial score (nSPS) is 16.1. The molecule has 7 nitrogen and oxygen atoms in total. The van der Waals surface area contributed by atoms with Crippen LogP contribution in [-0.2, 0) is 14.3 Å². The van der Waals surface area contributed by atoms with Crippen LogP contribution in [0.25, 0.3) is 5.70 Å². The molecule has 1 heterocycles. The molecular weight excluding hydrogens is 392 g/mol. The fraction of sp³-hybridized carbons (Fsp3) is 0.458. The Hall–Kier alpha value is -2.93. The number of carbonyl (C=O) groups excluding carboxylic acids is 1. The second-order valence-electron chi connectivity index (χ2n) is 7.75. The van der Waals surface area contributed by atoms with Gasteiger partial charge in [-0.1, -0.05) is 23.8 Å². The van der Waals surface area contributed by atoms with Crippen molar-refractivity contribution in [2.45, 2.75) is 33.6 Å². The summed E-state index contributed by atoms with van der Waals surface area (Å²) in [5.74, 6) is 0.221. The Balaban J connectivity index is 2.20. The number of aliphatic imine (C=N–C) groups is 2. The van der Waals surface area contributed by atoms with Crippen LogP contribution in [0.4, 0.5) is 0 Å². The lowest BCUT2D eigenvalue weighted by molar-refractivity contribution is -0.116. The molecule has 0 aromatic heterocycles. The first-order valence-corrected chi connectivity index (χ1v) is 10.5. The summed E-state index contributed by atoms with van der Waals surface area (Å²) in [5.41, 5.74) is 11.3. The number of amides is 1. The quantitative estimate of drug-likeness (QED) is 0.397. The van der Waals surface area contributed by atoms with Crippen molar-refractivity contribution in [3.05, 3.63) is 52.2 Å². The van der Waals surface area contributed by atoms with Crippen LogP contribution in [0, 0.1) is 12.8 Å². The molecule has 0 saturated carbocycles. The third-order valence-corrected chi connectivity index (χ3v) is 5.11. The highest BCUT2D eigenvalue weighted by atomic mass is 16.5. The summed E-state index contributed by atoms with van der Waals surface area (Å²) >= 11 is 0. The Labute approximate surface area is 185 Å². The zero-order valence-electron chi connectivity index (χ0n) is 19.2. The van der Waals surface area contributed by atoms with Crippen molar-refractivity contribution in [2.24, 2.45) is 21.6 Å². The van der Waals surface area contributed by atoms with Crippen LogP contribution < -0.4 is 11.1 Å². The third-order valence-electron chi connectivity index (χ3n) is 5.11. The van der Waals surface area contributed by atoms with Crippen molar-refractivity contribution in [3.63, 3.8) is 0 Å². The van der Waals surface area contributed by atoms with E-state index in [1.807, 2.05) is 39.0 Å². The Morgan fingerprint density at radius 2 is 2.03 bits per heavy atom. The van der Waals surface area contributed by atoms with E-state index in [0.29, 0.717) is 30.4 Å². The van der Waals surface area contributed by atoms with Crippen molar-refractivity contribution in [2.75, 3.05) is 33.9 Å². The van der Waals surface area contributed by atoms with Gasteiger partial charge in [0, 0.05) is 43.7 Å². The van der Waals surface area contributed by atoms with E-state index in [4.69, 9.17) is 15.2 Å². The maximum Gasteiger partial charge on any atom is 0.255 e. The van der Waals surface area contributed by atoms with Gasteiger partial charge in [-0.15, -0.1) is 0 Å². The largest absolute Gasteiger partial charge is 0.483 e. The van der Waals surface area contributed by atoms with Crippen molar-refractivity contribution < 1.29 is 14.3 Å². The molecule has 1 aliphatic rings. The van der Waals surface area contributed by atoms with Gasteiger partial charge >= 0.3 is 0 Å². The molecule has 0 aliphatic carbocycles. The lowest BCUT2D eigenvalue weighted by atomic mass is 9.93. The van der Waals surface area contributed by atoms with Gasteiger partial charge < -0.3 is 20.5 Å². The molecular formula is C24H34N4O3. The van der Waals surface area contributed by atoms with E-state index in [9.17, 15) is 4.79 Å². The van der Waals surface area contributed by atoms with E-state index in [1.165, 1.54) is 6.21 Å². The summed E-state index contributed by atoms with van der Waals surface area (Å²) in [6.45, 7) is 7.47. The minimum absolute atomic E-state index is 0.113. The smallest absolute Gasteiger partial charge is 0.255 e. The van der Waals surface area contributed by atoms with Gasteiger partial charge in [0.05, 0.1) is 24.9 Å². The van der Waals surface area contributed by atoms with Crippen LogP contribution >= 0.6 is 0 Å². The summed E-state index contributed by atoms with van der Waals surface area (Å²) in [6.07, 6.45) is 3.11. The first-order chi connectivity index (χ1) is 14.9. The van der Waals surface area contributed by atoms with Crippen molar-refractivity contribution >= 4 is 23.7 Å². The van der Waals surface area contributed by atoms with Crippen molar-refractivity contribution in [1.29, 1.82) is 0 Å². The fourth-order valence-corrected chi connectivity index (χ4v) is 3.41. The zero-order chi connectivity index (χ0) is 22.8. The molecule has 1 fully saturated rings. The first-order valence-electron chi connectivity index (χ1n) is 10.5. The van der Waals surface area contributed by atoms with Crippen molar-refractivity contribution in [3.8, 4) is 0 Å². The molecule has 1 amide bonds. The minimum atomic E-state index is -0.298. The molecule has 1 aliphatic heterocycles. The van der Waals surface area contributed by atoms with E-state index in [0.717, 1.165) is 35.2 Å². The monoisotopic (exact) mass is 426 g/mol. The number of nitrogens with zero attached hydrogens (tertiary/aromatic N) is 2. The number of nitrogens with two attached hydrogens (primary N) is 1. The molecule has 1 aromatic rings. The van der Waals surface area contributed by atoms with Gasteiger partial charge in [-0.05, 0) is 45.3 Å². The molecule has 1 saturated heterocycles. The third kappa shape index (κ3) is 7.07. The fourth-order valence-electron chi connectivity index (χ4n) is 3.41. The number of carbonyl (C=O) groups is 1. The maximum atomic E-state index is 12.9. The Morgan fingerprint density at radius 3 is 2.61 bits per heavy atom. The summed E-state index contributed by atoms with van der Waals surface area (Å²) in [7, 11) is 3.17. The molecule has 2 rings (SSSR count). The van der Waals surface area contributed by atoms with Gasteiger partial charge in [0.25, 0.3) is 5.91 Å². The first kappa shape index (κ1) is 24.3. The second-order valence-corrected chi connectivity index (χ2v) is 7.75. The van der Waals surface area contributed by atoms with E-state index in [2.05, 4.69) is 21.4 Å². The van der Waals surface area contributed by atoms with Crippen LogP contribution in [0.5, 0.6) is 0 Å². The van der Waals surface area contributed by atoms with E-state index < -0.39 is 0 Å². The van der Waals surface area contributed by atoms with Crippen molar-refractivity contribution in [1.82, 2.24) is 5.32 Å². The average molecular weight is 427 g/mol. The number of nitrogens with one attached hydrogen (secondary N) is 1. The molecule has 3 N–H and O–H groups in total. The predicted molar refractivity (Wildman–Crippen MR) is 126 cm³/mol. The predicted octanol–water partition coefficient (Wildman–Crippen LogP) is 3.25. The second kappa shape index (κ2) is 12.1. The van der Waals surface area contributed by atoms with Gasteiger partial charge in [0.1, 0.15) is 0 Å². The number of hydrogen-bond donors (Lipinski definition) is 2. The van der Waals surface area contributed by atoms with E-state index in [1.54, 1.807) is 14.2 Å². The van der Waals surface area contributed by atoms with E-state index in [-0.39, 0.29) is 18.4 Å². The maximum absolute atomic E-state index is 12.9. The van der Waals surface area contributed by atoms with Crippen LogP contribution in [0.2, 0.25) is 0 Å². The van der Waals surface area contributed by atoms with E-state index >= 15 is 0 Å². The summed E-state index contributed by atoms with van der Waals surface area (Å²) in [4.78, 5) is 21.6. The Bertz CT molecular complexity index is 890. The van der Waals surface area contributed by atoms with Gasteiger partial charge in [-0.3, -0.25) is 9.79 Å². The number of hydrogen-bond acceptors (Lipinski definition) is 6. The number of methoxy groups -OCH3 is 1. The number of aryl methyl sites for hydroxylation is 1. The lowest BCUT2D eigenvalue weighted by Gasteiger charge is -2.23. The van der Waals surface area contributed by atoms with Gasteiger partial charge in [-0.25, -0.2) is 4.99 Å². The molecule has 0 radical (unpaired) electrons. The number of allylic oxidation sites excluding steroid dienone is 2. The summed E-state index contributed by atoms with van der Waals surface area (Å²) in [6, 6.07) is 8.12. The highest BCUT2D eigenvalue weighted by Gasteiger charge is 2.22. The van der Waals surface area contributed by atoms with Crippen LogP contribution in [0.15, 0.2) is 51.1 Å². The lowest BCUT2D eigenvalue weighted by Crippen LogP contribution is -2.34. The molecule has 0 bridgehead atoms. The number of ether oxygens (including phenoxy) is 2. The van der Waals surface area contributed by atoms with Crippen LogP contribution in [0.3, 0.4) is 0 Å².